The summed E-state index contributed by atoms with van der Waals surface area (Å²) in [5.41, 5.74) is 1.35. The first-order valence-corrected chi connectivity index (χ1v) is 7.16. The molecule has 1 atom stereocenters. The fourth-order valence-electron chi connectivity index (χ4n) is 2.27. The Hall–Kier alpha value is -1.02. The Bertz CT molecular complexity index is 371. The van der Waals surface area contributed by atoms with Gasteiger partial charge in [-0.1, -0.05) is 32.9 Å². The summed E-state index contributed by atoms with van der Waals surface area (Å²) in [5, 5.41) is 3.53. The van der Waals surface area contributed by atoms with Crippen LogP contribution in [0.5, 0.6) is 5.75 Å². The molecule has 2 rings (SSSR count). The zero-order valence-electron chi connectivity index (χ0n) is 11.8. The molecule has 0 saturated heterocycles. The minimum absolute atomic E-state index is 0.526. The second-order valence-corrected chi connectivity index (χ2v) is 5.54. The van der Waals surface area contributed by atoms with Gasteiger partial charge in [-0.2, -0.15) is 0 Å². The lowest BCUT2D eigenvalue weighted by atomic mass is 10.0. The molecule has 1 N–H and O–H groups in total. The van der Waals surface area contributed by atoms with Crippen LogP contribution in [0.2, 0.25) is 0 Å². The van der Waals surface area contributed by atoms with Crippen molar-refractivity contribution in [3.05, 3.63) is 29.8 Å². The van der Waals surface area contributed by atoms with E-state index in [-0.39, 0.29) is 0 Å². The van der Waals surface area contributed by atoms with Crippen molar-refractivity contribution in [1.82, 2.24) is 5.32 Å². The molecule has 1 fully saturated rings. The van der Waals surface area contributed by atoms with Crippen LogP contribution in [-0.2, 0) is 0 Å². The molecule has 1 aromatic carbocycles. The van der Waals surface area contributed by atoms with Crippen molar-refractivity contribution in [2.45, 2.75) is 45.6 Å². The first kappa shape index (κ1) is 13.4. The van der Waals surface area contributed by atoms with Crippen LogP contribution in [0, 0.1) is 5.92 Å². The van der Waals surface area contributed by atoms with Gasteiger partial charge in [0.2, 0.25) is 0 Å². The van der Waals surface area contributed by atoms with Crippen LogP contribution < -0.4 is 10.1 Å². The molecule has 2 heteroatoms. The van der Waals surface area contributed by atoms with Gasteiger partial charge in [-0.3, -0.25) is 0 Å². The fraction of sp³-hybridized carbons (Fsp3) is 0.625. The van der Waals surface area contributed by atoms with Crippen molar-refractivity contribution in [1.29, 1.82) is 0 Å². The molecule has 0 spiro atoms. The molecule has 0 bridgehead atoms. The SMILES string of the molecule is CCNC(COc1cccc(C(C)C)c1)C1CC1. The fourth-order valence-corrected chi connectivity index (χ4v) is 2.27. The van der Waals surface area contributed by atoms with Crippen LogP contribution in [0.3, 0.4) is 0 Å². The highest BCUT2D eigenvalue weighted by Crippen LogP contribution is 2.33. The van der Waals surface area contributed by atoms with Gasteiger partial charge in [-0.05, 0) is 48.9 Å². The lowest BCUT2D eigenvalue weighted by molar-refractivity contribution is 0.251. The maximum atomic E-state index is 5.95. The van der Waals surface area contributed by atoms with E-state index in [0.29, 0.717) is 12.0 Å². The Morgan fingerprint density at radius 1 is 1.33 bits per heavy atom. The monoisotopic (exact) mass is 247 g/mol. The van der Waals surface area contributed by atoms with Crippen LogP contribution in [0.25, 0.3) is 0 Å². The quantitative estimate of drug-likeness (QED) is 0.795. The molecular weight excluding hydrogens is 222 g/mol. The summed E-state index contributed by atoms with van der Waals surface area (Å²) in [4.78, 5) is 0. The third kappa shape index (κ3) is 3.74. The second kappa shape index (κ2) is 6.24. The lowest BCUT2D eigenvalue weighted by Crippen LogP contribution is -2.36. The van der Waals surface area contributed by atoms with Crippen molar-refractivity contribution in [3.63, 3.8) is 0 Å². The first-order chi connectivity index (χ1) is 8.70. The average molecular weight is 247 g/mol. The van der Waals surface area contributed by atoms with Crippen molar-refractivity contribution in [2.75, 3.05) is 13.2 Å². The van der Waals surface area contributed by atoms with E-state index in [4.69, 9.17) is 4.74 Å². The summed E-state index contributed by atoms with van der Waals surface area (Å²) in [7, 11) is 0. The van der Waals surface area contributed by atoms with Crippen molar-refractivity contribution < 1.29 is 4.74 Å². The Kier molecular flexibility index (Phi) is 4.65. The van der Waals surface area contributed by atoms with Gasteiger partial charge >= 0.3 is 0 Å². The van der Waals surface area contributed by atoms with Gasteiger partial charge in [-0.15, -0.1) is 0 Å². The molecule has 1 unspecified atom stereocenters. The van der Waals surface area contributed by atoms with E-state index in [9.17, 15) is 0 Å². The van der Waals surface area contributed by atoms with E-state index in [1.807, 2.05) is 0 Å². The van der Waals surface area contributed by atoms with Gasteiger partial charge in [0.25, 0.3) is 0 Å². The molecule has 1 aliphatic carbocycles. The van der Waals surface area contributed by atoms with Gasteiger partial charge < -0.3 is 10.1 Å². The van der Waals surface area contributed by atoms with Crippen LogP contribution in [0.1, 0.15) is 45.1 Å². The molecule has 0 radical (unpaired) electrons. The van der Waals surface area contributed by atoms with Crippen LogP contribution in [0.4, 0.5) is 0 Å². The Balaban J connectivity index is 1.90. The topological polar surface area (TPSA) is 21.3 Å². The minimum Gasteiger partial charge on any atom is -0.492 e. The van der Waals surface area contributed by atoms with E-state index in [0.717, 1.165) is 24.8 Å². The summed E-state index contributed by atoms with van der Waals surface area (Å²) in [6.45, 7) is 8.40. The lowest BCUT2D eigenvalue weighted by Gasteiger charge is -2.18. The number of nitrogens with one attached hydrogen (secondary N) is 1. The van der Waals surface area contributed by atoms with Gasteiger partial charge in [-0.25, -0.2) is 0 Å². The molecule has 0 amide bonds. The number of rotatable bonds is 7. The van der Waals surface area contributed by atoms with E-state index >= 15 is 0 Å². The molecule has 2 nitrogen and oxygen atoms in total. The number of ether oxygens (including phenoxy) is 1. The maximum absolute atomic E-state index is 5.95. The second-order valence-electron chi connectivity index (χ2n) is 5.54. The van der Waals surface area contributed by atoms with Crippen LogP contribution >= 0.6 is 0 Å². The molecule has 0 aromatic heterocycles. The number of benzene rings is 1. The predicted octanol–water partition coefficient (Wildman–Crippen LogP) is 3.58. The average Bonchev–Trinajstić information content (AvgIpc) is 3.19. The highest BCUT2D eigenvalue weighted by molar-refractivity contribution is 5.30. The normalized spacial score (nSPS) is 16.9. The Morgan fingerprint density at radius 3 is 2.72 bits per heavy atom. The van der Waals surface area contributed by atoms with Gasteiger partial charge in [0, 0.05) is 6.04 Å². The molecule has 0 heterocycles. The molecule has 100 valence electrons. The largest absolute Gasteiger partial charge is 0.492 e. The number of hydrogen-bond donors (Lipinski definition) is 1. The molecule has 0 aliphatic heterocycles. The maximum Gasteiger partial charge on any atom is 0.119 e. The van der Waals surface area contributed by atoms with Gasteiger partial charge in [0.1, 0.15) is 12.4 Å². The summed E-state index contributed by atoms with van der Waals surface area (Å²) >= 11 is 0. The highest BCUT2D eigenvalue weighted by Gasteiger charge is 2.30. The zero-order valence-corrected chi connectivity index (χ0v) is 11.8. The van der Waals surface area contributed by atoms with Crippen molar-refractivity contribution in [2.24, 2.45) is 5.92 Å². The van der Waals surface area contributed by atoms with Gasteiger partial charge in [0.15, 0.2) is 0 Å². The first-order valence-electron chi connectivity index (χ1n) is 7.16. The third-order valence-electron chi connectivity index (χ3n) is 3.61. The minimum atomic E-state index is 0.526. The number of likely N-dealkylation sites (N-methyl/N-ethyl adjacent to an activating group) is 1. The molecule has 1 aromatic rings. The zero-order chi connectivity index (χ0) is 13.0. The summed E-state index contributed by atoms with van der Waals surface area (Å²) in [6.07, 6.45) is 2.71. The van der Waals surface area contributed by atoms with Crippen LogP contribution in [0.15, 0.2) is 24.3 Å². The van der Waals surface area contributed by atoms with E-state index < -0.39 is 0 Å². The number of hydrogen-bond acceptors (Lipinski definition) is 2. The summed E-state index contributed by atoms with van der Waals surface area (Å²) < 4.78 is 5.95. The molecule has 18 heavy (non-hydrogen) atoms. The molecule has 1 saturated carbocycles. The highest BCUT2D eigenvalue weighted by atomic mass is 16.5. The summed E-state index contributed by atoms with van der Waals surface area (Å²) in [5.74, 6) is 2.39. The van der Waals surface area contributed by atoms with E-state index in [2.05, 4.69) is 50.4 Å². The van der Waals surface area contributed by atoms with Gasteiger partial charge in [0.05, 0.1) is 0 Å². The standard InChI is InChI=1S/C16H25NO/c1-4-17-16(13-8-9-13)11-18-15-7-5-6-14(10-15)12(2)3/h5-7,10,12-13,16-17H,4,8-9,11H2,1-3H3. The van der Waals surface area contributed by atoms with Crippen molar-refractivity contribution >= 4 is 0 Å². The molecule has 1 aliphatic rings. The molecular formula is C16H25NO. The predicted molar refractivity (Wildman–Crippen MR) is 76.2 cm³/mol. The van der Waals surface area contributed by atoms with E-state index in [1.165, 1.54) is 18.4 Å². The van der Waals surface area contributed by atoms with Crippen molar-refractivity contribution in [3.8, 4) is 5.75 Å². The van der Waals surface area contributed by atoms with E-state index in [1.54, 1.807) is 0 Å². The summed E-state index contributed by atoms with van der Waals surface area (Å²) in [6, 6.07) is 9.00. The van der Waals surface area contributed by atoms with Crippen LogP contribution in [-0.4, -0.2) is 19.2 Å². The smallest absolute Gasteiger partial charge is 0.119 e. The Labute approximate surface area is 111 Å². The third-order valence-corrected chi connectivity index (χ3v) is 3.61. The Morgan fingerprint density at radius 2 is 2.11 bits per heavy atom.